The standard InChI is InChI=1S/C24H23N5O4S/c1-15-22-18(13-19(20-3-2-12-34-20)27-24(22)33-28-15)23(31)26-17-6-4-16(5-7-17)25-21(30)14-29-8-10-32-11-9-29/h2-7,12-13H,8-11,14H2,1H3,(H,25,30)(H,26,31). The molecule has 4 heterocycles. The van der Waals surface area contributed by atoms with Crippen molar-refractivity contribution >= 4 is 45.6 Å². The first-order chi connectivity index (χ1) is 16.6. The van der Waals surface area contributed by atoms with Crippen molar-refractivity contribution in [3.05, 3.63) is 59.1 Å². The first-order valence-corrected chi connectivity index (χ1v) is 11.8. The normalized spacial score (nSPS) is 14.3. The average molecular weight is 478 g/mol. The molecule has 1 aliphatic rings. The van der Waals surface area contributed by atoms with E-state index in [0.717, 1.165) is 18.0 Å². The van der Waals surface area contributed by atoms with E-state index < -0.39 is 0 Å². The Morgan fingerprint density at radius 1 is 1.09 bits per heavy atom. The lowest BCUT2D eigenvalue weighted by Gasteiger charge is -2.25. The first-order valence-electron chi connectivity index (χ1n) is 10.9. The van der Waals surface area contributed by atoms with Crippen LogP contribution in [-0.4, -0.2) is 59.7 Å². The van der Waals surface area contributed by atoms with Gasteiger partial charge in [0.1, 0.15) is 0 Å². The minimum absolute atomic E-state index is 0.0816. The number of ether oxygens (including phenoxy) is 1. The maximum absolute atomic E-state index is 13.2. The summed E-state index contributed by atoms with van der Waals surface area (Å²) in [5.41, 5.74) is 3.29. The summed E-state index contributed by atoms with van der Waals surface area (Å²) in [5.74, 6) is -0.373. The predicted molar refractivity (Wildman–Crippen MR) is 130 cm³/mol. The number of hydrogen-bond donors (Lipinski definition) is 2. The summed E-state index contributed by atoms with van der Waals surface area (Å²) < 4.78 is 10.7. The van der Waals surface area contributed by atoms with E-state index >= 15 is 0 Å². The molecule has 9 nitrogen and oxygen atoms in total. The summed E-state index contributed by atoms with van der Waals surface area (Å²) in [4.78, 5) is 33.0. The van der Waals surface area contributed by atoms with Gasteiger partial charge in [-0.15, -0.1) is 11.3 Å². The lowest BCUT2D eigenvalue weighted by Crippen LogP contribution is -2.41. The van der Waals surface area contributed by atoms with Gasteiger partial charge in [-0.1, -0.05) is 11.2 Å². The lowest BCUT2D eigenvalue weighted by atomic mass is 10.1. The van der Waals surface area contributed by atoms with Gasteiger partial charge in [0, 0.05) is 24.5 Å². The molecule has 5 rings (SSSR count). The Hall–Kier alpha value is -3.60. The van der Waals surface area contributed by atoms with Crippen molar-refractivity contribution in [2.75, 3.05) is 43.5 Å². The molecular weight excluding hydrogens is 454 g/mol. The van der Waals surface area contributed by atoms with Crippen LogP contribution in [0.4, 0.5) is 11.4 Å². The van der Waals surface area contributed by atoms with E-state index in [9.17, 15) is 9.59 Å². The summed E-state index contributed by atoms with van der Waals surface area (Å²) in [7, 11) is 0. The number of pyridine rings is 1. The maximum atomic E-state index is 13.2. The van der Waals surface area contributed by atoms with Crippen LogP contribution in [0.25, 0.3) is 21.7 Å². The summed E-state index contributed by atoms with van der Waals surface area (Å²) in [6.45, 7) is 4.90. The number of nitrogens with zero attached hydrogens (tertiary/aromatic N) is 3. The molecule has 0 atom stereocenters. The van der Waals surface area contributed by atoms with Gasteiger partial charge in [0.25, 0.3) is 11.6 Å². The lowest BCUT2D eigenvalue weighted by molar-refractivity contribution is -0.118. The van der Waals surface area contributed by atoms with E-state index in [4.69, 9.17) is 9.26 Å². The van der Waals surface area contributed by atoms with Gasteiger partial charge in [-0.2, -0.15) is 0 Å². The Bertz CT molecular complexity index is 1310. The number of fused-ring (bicyclic) bond motifs is 1. The molecule has 3 aromatic heterocycles. The van der Waals surface area contributed by atoms with E-state index in [0.29, 0.717) is 59.2 Å². The number of morpholine rings is 1. The van der Waals surface area contributed by atoms with Gasteiger partial charge >= 0.3 is 0 Å². The quantitative estimate of drug-likeness (QED) is 0.435. The Morgan fingerprint density at radius 3 is 2.53 bits per heavy atom. The average Bonchev–Trinajstić information content (AvgIpc) is 3.51. The van der Waals surface area contributed by atoms with Crippen LogP contribution in [-0.2, 0) is 9.53 Å². The minimum Gasteiger partial charge on any atom is -0.379 e. The number of carbonyl (C=O) groups is 2. The van der Waals surface area contributed by atoms with Crippen LogP contribution in [0.1, 0.15) is 16.1 Å². The number of hydrogen-bond acceptors (Lipinski definition) is 8. The van der Waals surface area contributed by atoms with Crippen LogP contribution in [0, 0.1) is 6.92 Å². The number of aromatic nitrogens is 2. The summed E-state index contributed by atoms with van der Waals surface area (Å²) in [5, 5.41) is 12.3. The molecule has 34 heavy (non-hydrogen) atoms. The summed E-state index contributed by atoms with van der Waals surface area (Å²) >= 11 is 1.53. The van der Waals surface area contributed by atoms with E-state index in [1.54, 1.807) is 37.3 Å². The van der Waals surface area contributed by atoms with E-state index in [2.05, 4.69) is 25.7 Å². The molecule has 4 aromatic rings. The molecule has 2 amide bonds. The second kappa shape index (κ2) is 9.72. The highest BCUT2D eigenvalue weighted by atomic mass is 32.1. The smallest absolute Gasteiger partial charge is 0.259 e. The molecule has 0 unspecified atom stereocenters. The summed E-state index contributed by atoms with van der Waals surface area (Å²) in [6.07, 6.45) is 0. The molecule has 1 saturated heterocycles. The third-order valence-corrected chi connectivity index (χ3v) is 6.43. The Morgan fingerprint density at radius 2 is 1.82 bits per heavy atom. The second-order valence-electron chi connectivity index (χ2n) is 7.95. The van der Waals surface area contributed by atoms with Gasteiger partial charge in [-0.05, 0) is 48.7 Å². The maximum Gasteiger partial charge on any atom is 0.259 e. The molecular formula is C24H23N5O4S. The predicted octanol–water partition coefficient (Wildman–Crippen LogP) is 3.78. The van der Waals surface area contributed by atoms with Gasteiger partial charge in [0.2, 0.25) is 5.91 Å². The van der Waals surface area contributed by atoms with Crippen LogP contribution in [0.5, 0.6) is 0 Å². The van der Waals surface area contributed by atoms with Crippen molar-refractivity contribution in [3.8, 4) is 10.6 Å². The van der Waals surface area contributed by atoms with Crippen molar-refractivity contribution in [2.45, 2.75) is 6.92 Å². The van der Waals surface area contributed by atoms with Crippen LogP contribution < -0.4 is 10.6 Å². The highest BCUT2D eigenvalue weighted by Gasteiger charge is 2.20. The molecule has 1 fully saturated rings. The van der Waals surface area contributed by atoms with Crippen LogP contribution in [0.15, 0.2) is 52.4 Å². The van der Waals surface area contributed by atoms with E-state index in [1.165, 1.54) is 11.3 Å². The van der Waals surface area contributed by atoms with Crippen molar-refractivity contribution in [3.63, 3.8) is 0 Å². The molecule has 0 radical (unpaired) electrons. The second-order valence-corrected chi connectivity index (χ2v) is 8.90. The van der Waals surface area contributed by atoms with Crippen molar-refractivity contribution < 1.29 is 18.8 Å². The van der Waals surface area contributed by atoms with Gasteiger partial charge in [-0.3, -0.25) is 14.5 Å². The Balaban J connectivity index is 1.30. The van der Waals surface area contributed by atoms with Crippen molar-refractivity contribution in [1.29, 1.82) is 0 Å². The molecule has 0 bridgehead atoms. The zero-order chi connectivity index (χ0) is 23.5. The first kappa shape index (κ1) is 22.2. The number of carbonyl (C=O) groups excluding carboxylic acids is 2. The number of rotatable bonds is 6. The molecule has 0 saturated carbocycles. The molecule has 0 spiro atoms. The number of amides is 2. The Labute approximate surface area is 199 Å². The fourth-order valence-corrected chi connectivity index (χ4v) is 4.51. The zero-order valence-corrected chi connectivity index (χ0v) is 19.4. The number of anilines is 2. The minimum atomic E-state index is -0.291. The SMILES string of the molecule is Cc1noc2nc(-c3cccs3)cc(C(=O)Nc3ccc(NC(=O)CN4CCOCC4)cc3)c12. The molecule has 174 valence electrons. The van der Waals surface area contributed by atoms with Gasteiger partial charge in [-0.25, -0.2) is 4.98 Å². The molecule has 0 aliphatic carbocycles. The number of nitrogens with one attached hydrogen (secondary N) is 2. The highest BCUT2D eigenvalue weighted by Crippen LogP contribution is 2.30. The molecule has 2 N–H and O–H groups in total. The zero-order valence-electron chi connectivity index (χ0n) is 18.5. The topological polar surface area (TPSA) is 110 Å². The number of thiophene rings is 1. The van der Waals surface area contributed by atoms with Crippen molar-refractivity contribution in [1.82, 2.24) is 15.0 Å². The van der Waals surface area contributed by atoms with Gasteiger partial charge in [0.15, 0.2) is 0 Å². The number of benzene rings is 1. The molecule has 1 aliphatic heterocycles. The van der Waals surface area contributed by atoms with Gasteiger partial charge < -0.3 is 19.9 Å². The molecule has 1 aromatic carbocycles. The van der Waals surface area contributed by atoms with E-state index in [1.807, 2.05) is 17.5 Å². The third kappa shape index (κ3) is 4.84. The van der Waals surface area contributed by atoms with Crippen molar-refractivity contribution in [2.24, 2.45) is 0 Å². The highest BCUT2D eigenvalue weighted by molar-refractivity contribution is 7.13. The fraction of sp³-hybridized carbons (Fsp3) is 0.250. The largest absolute Gasteiger partial charge is 0.379 e. The molecule has 10 heteroatoms. The third-order valence-electron chi connectivity index (χ3n) is 5.53. The Kier molecular flexibility index (Phi) is 6.35. The number of aryl methyl sites for hydroxylation is 1. The van der Waals surface area contributed by atoms with Gasteiger partial charge in [0.05, 0.1) is 47.0 Å². The van der Waals surface area contributed by atoms with Crippen LogP contribution in [0.2, 0.25) is 0 Å². The fourth-order valence-electron chi connectivity index (χ4n) is 3.82. The summed E-state index contributed by atoms with van der Waals surface area (Å²) in [6, 6.07) is 12.7. The van der Waals surface area contributed by atoms with Crippen LogP contribution >= 0.6 is 11.3 Å². The van der Waals surface area contributed by atoms with E-state index in [-0.39, 0.29) is 11.8 Å². The van der Waals surface area contributed by atoms with Crippen LogP contribution in [0.3, 0.4) is 0 Å². The monoisotopic (exact) mass is 477 g/mol.